The molecule has 2 N–H and O–H groups in total. The molecular weight excluding hydrogens is 376 g/mol. The summed E-state index contributed by atoms with van der Waals surface area (Å²) in [5.74, 6) is -1.98. The van der Waals surface area contributed by atoms with E-state index in [0.717, 1.165) is 37.8 Å². The lowest BCUT2D eigenvalue weighted by Gasteiger charge is -2.36. The van der Waals surface area contributed by atoms with Crippen molar-refractivity contribution in [2.45, 2.75) is 63.2 Å². The molecule has 2 aliphatic heterocycles. The first-order valence-electron chi connectivity index (χ1n) is 9.07. The fourth-order valence-electron chi connectivity index (χ4n) is 4.13. The fourth-order valence-corrected chi connectivity index (χ4v) is 4.13. The first-order valence-corrected chi connectivity index (χ1v) is 9.07. The van der Waals surface area contributed by atoms with E-state index in [1.807, 2.05) is 0 Å². The Kier molecular flexibility index (Phi) is 7.17. The molecule has 2 heterocycles. The van der Waals surface area contributed by atoms with Crippen LogP contribution in [-0.4, -0.2) is 41.9 Å². The maximum atomic E-state index is 14.1. The van der Waals surface area contributed by atoms with Gasteiger partial charge in [0.2, 0.25) is 11.8 Å². The summed E-state index contributed by atoms with van der Waals surface area (Å²) in [7, 11) is 1.77. The normalized spacial score (nSPS) is 24.7. The van der Waals surface area contributed by atoms with Crippen LogP contribution in [0.5, 0.6) is 0 Å². The van der Waals surface area contributed by atoms with Gasteiger partial charge in [-0.25, -0.2) is 8.78 Å². The van der Waals surface area contributed by atoms with Crippen LogP contribution in [0.25, 0.3) is 0 Å². The summed E-state index contributed by atoms with van der Waals surface area (Å²) >= 11 is 0. The van der Waals surface area contributed by atoms with Crippen molar-refractivity contribution >= 4 is 24.2 Å². The van der Waals surface area contributed by atoms with E-state index in [1.165, 1.54) is 13.0 Å². The molecule has 3 rings (SSSR count). The Morgan fingerprint density at radius 2 is 1.89 bits per heavy atom. The van der Waals surface area contributed by atoms with Crippen molar-refractivity contribution in [2.75, 3.05) is 7.05 Å². The maximum Gasteiger partial charge on any atom is 0.224 e. The van der Waals surface area contributed by atoms with Crippen molar-refractivity contribution in [3.8, 4) is 0 Å². The summed E-state index contributed by atoms with van der Waals surface area (Å²) in [4.78, 5) is 26.0. The molecule has 0 aromatic heterocycles. The summed E-state index contributed by atoms with van der Waals surface area (Å²) in [6.45, 7) is 1.31. The van der Waals surface area contributed by atoms with Gasteiger partial charge >= 0.3 is 0 Å². The Hall–Kier alpha value is -1.73. The van der Waals surface area contributed by atoms with Gasteiger partial charge in [0.1, 0.15) is 11.6 Å². The van der Waals surface area contributed by atoms with E-state index in [0.29, 0.717) is 12.1 Å². The van der Waals surface area contributed by atoms with E-state index in [4.69, 9.17) is 0 Å². The SMILES string of the molecule is CC(=O)NC(CC(=O)N(C)C1CC2CCC(C1)N2)c1ccc(F)cc1F.Cl. The fraction of sp³-hybridized carbons (Fsp3) is 0.579. The zero-order chi connectivity index (χ0) is 18.8. The third kappa shape index (κ3) is 5.17. The molecule has 2 saturated heterocycles. The lowest BCUT2D eigenvalue weighted by molar-refractivity contribution is -0.133. The van der Waals surface area contributed by atoms with Crippen molar-refractivity contribution < 1.29 is 18.4 Å². The summed E-state index contributed by atoms with van der Waals surface area (Å²) in [5, 5.41) is 6.15. The van der Waals surface area contributed by atoms with Crippen molar-refractivity contribution in [1.29, 1.82) is 0 Å². The number of hydrogen-bond acceptors (Lipinski definition) is 3. The van der Waals surface area contributed by atoms with Crippen LogP contribution in [0.15, 0.2) is 18.2 Å². The van der Waals surface area contributed by atoms with E-state index in [1.54, 1.807) is 11.9 Å². The van der Waals surface area contributed by atoms with Gasteiger partial charge in [-0.1, -0.05) is 6.07 Å². The van der Waals surface area contributed by atoms with Crippen LogP contribution < -0.4 is 10.6 Å². The van der Waals surface area contributed by atoms with Gasteiger partial charge in [-0.15, -0.1) is 12.4 Å². The molecule has 0 spiro atoms. The number of rotatable bonds is 5. The second-order valence-electron chi connectivity index (χ2n) is 7.39. The number of amides is 2. The molecule has 1 aromatic carbocycles. The molecule has 2 fully saturated rings. The van der Waals surface area contributed by atoms with Gasteiger partial charge in [0.15, 0.2) is 0 Å². The lowest BCUT2D eigenvalue weighted by Crippen LogP contribution is -2.49. The molecule has 0 radical (unpaired) electrons. The number of nitrogens with zero attached hydrogens (tertiary/aromatic N) is 1. The van der Waals surface area contributed by atoms with Crippen molar-refractivity contribution in [3.63, 3.8) is 0 Å². The van der Waals surface area contributed by atoms with E-state index >= 15 is 0 Å². The largest absolute Gasteiger partial charge is 0.349 e. The molecule has 150 valence electrons. The molecule has 0 aliphatic carbocycles. The summed E-state index contributed by atoms with van der Waals surface area (Å²) in [6, 6.07) is 3.42. The third-order valence-electron chi connectivity index (χ3n) is 5.48. The lowest BCUT2D eigenvalue weighted by atomic mass is 9.97. The van der Waals surface area contributed by atoms with E-state index in [2.05, 4.69) is 10.6 Å². The van der Waals surface area contributed by atoms with Crippen molar-refractivity contribution in [1.82, 2.24) is 15.5 Å². The number of carbonyl (C=O) groups is 2. The Morgan fingerprint density at radius 3 is 2.44 bits per heavy atom. The molecule has 27 heavy (non-hydrogen) atoms. The molecule has 3 atom stereocenters. The molecule has 2 aliphatic rings. The highest BCUT2D eigenvalue weighted by molar-refractivity contribution is 5.85. The molecule has 2 bridgehead atoms. The van der Waals surface area contributed by atoms with Gasteiger partial charge in [0, 0.05) is 43.7 Å². The van der Waals surface area contributed by atoms with Gasteiger partial charge in [-0.05, 0) is 31.7 Å². The van der Waals surface area contributed by atoms with Crippen molar-refractivity contribution in [2.24, 2.45) is 0 Å². The molecular formula is C19H26ClF2N3O2. The highest BCUT2D eigenvalue weighted by Gasteiger charge is 2.36. The third-order valence-corrected chi connectivity index (χ3v) is 5.48. The second-order valence-corrected chi connectivity index (χ2v) is 7.39. The highest BCUT2D eigenvalue weighted by Crippen LogP contribution is 2.30. The average molecular weight is 402 g/mol. The molecule has 2 amide bonds. The van der Waals surface area contributed by atoms with Gasteiger partial charge in [-0.2, -0.15) is 0 Å². The number of nitrogens with one attached hydrogen (secondary N) is 2. The minimum Gasteiger partial charge on any atom is -0.349 e. The molecule has 5 nitrogen and oxygen atoms in total. The average Bonchev–Trinajstić information content (AvgIpc) is 2.91. The van der Waals surface area contributed by atoms with Crippen LogP contribution in [-0.2, 0) is 9.59 Å². The van der Waals surface area contributed by atoms with E-state index < -0.39 is 17.7 Å². The Labute approximate surface area is 164 Å². The zero-order valence-electron chi connectivity index (χ0n) is 15.5. The summed E-state index contributed by atoms with van der Waals surface area (Å²) in [6.07, 6.45) is 4.04. The number of hydrogen-bond donors (Lipinski definition) is 2. The smallest absolute Gasteiger partial charge is 0.224 e. The van der Waals surface area contributed by atoms with Crippen LogP contribution in [0.1, 0.15) is 50.6 Å². The summed E-state index contributed by atoms with van der Waals surface area (Å²) in [5.41, 5.74) is 0.119. The predicted octanol–water partition coefficient (Wildman–Crippen LogP) is 2.70. The molecule has 1 aromatic rings. The van der Waals surface area contributed by atoms with E-state index in [-0.39, 0.29) is 42.2 Å². The number of carbonyl (C=O) groups excluding carboxylic acids is 2. The van der Waals surface area contributed by atoms with E-state index in [9.17, 15) is 18.4 Å². The maximum absolute atomic E-state index is 14.1. The number of fused-ring (bicyclic) bond motifs is 2. The first-order chi connectivity index (χ1) is 12.3. The van der Waals surface area contributed by atoms with Crippen LogP contribution >= 0.6 is 12.4 Å². The standard InChI is InChI=1S/C19H25F2N3O2.ClH/c1-11(25)22-18(16-6-3-12(20)7-17(16)21)10-19(26)24(2)15-8-13-4-5-14(9-15)23-13;/h3,6-7,13-15,18,23H,4-5,8-10H2,1-2H3,(H,22,25);1H. The molecule has 3 unspecified atom stereocenters. The van der Waals surface area contributed by atoms with Crippen LogP contribution in [0, 0.1) is 11.6 Å². The number of piperidine rings is 1. The quantitative estimate of drug-likeness (QED) is 0.797. The predicted molar refractivity (Wildman–Crippen MR) is 101 cm³/mol. The minimum absolute atomic E-state index is 0. The monoisotopic (exact) mass is 401 g/mol. The van der Waals surface area contributed by atoms with Crippen molar-refractivity contribution in [3.05, 3.63) is 35.4 Å². The van der Waals surface area contributed by atoms with Crippen LogP contribution in [0.2, 0.25) is 0 Å². The van der Waals surface area contributed by atoms with Gasteiger partial charge in [0.05, 0.1) is 12.5 Å². The summed E-state index contributed by atoms with van der Waals surface area (Å²) < 4.78 is 27.3. The topological polar surface area (TPSA) is 61.4 Å². The minimum atomic E-state index is -0.818. The first kappa shape index (κ1) is 21.6. The molecule has 8 heteroatoms. The Balaban J connectivity index is 0.00000261. The number of benzene rings is 1. The van der Waals surface area contributed by atoms with Crippen LogP contribution in [0.4, 0.5) is 8.78 Å². The highest BCUT2D eigenvalue weighted by atomic mass is 35.5. The molecule has 0 saturated carbocycles. The van der Waals surface area contributed by atoms with Gasteiger partial charge < -0.3 is 15.5 Å². The van der Waals surface area contributed by atoms with Crippen LogP contribution in [0.3, 0.4) is 0 Å². The number of halogens is 3. The Morgan fingerprint density at radius 1 is 1.26 bits per heavy atom. The zero-order valence-corrected chi connectivity index (χ0v) is 16.3. The Bertz CT molecular complexity index is 692. The second kappa shape index (κ2) is 8.97. The van der Waals surface area contributed by atoms with Gasteiger partial charge in [0.25, 0.3) is 0 Å². The van der Waals surface area contributed by atoms with Gasteiger partial charge in [-0.3, -0.25) is 9.59 Å².